The van der Waals surface area contributed by atoms with E-state index in [4.69, 9.17) is 16.6 Å². The van der Waals surface area contributed by atoms with Crippen LogP contribution in [0.2, 0.25) is 5.02 Å². The summed E-state index contributed by atoms with van der Waals surface area (Å²) in [6.07, 6.45) is 2.78. The summed E-state index contributed by atoms with van der Waals surface area (Å²) in [5.74, 6) is 0.900. The highest BCUT2D eigenvalue weighted by molar-refractivity contribution is 14.0. The Morgan fingerprint density at radius 2 is 2.25 bits per heavy atom. The fraction of sp³-hybridized carbons (Fsp3) is 0.500. The molecule has 24 heavy (non-hydrogen) atoms. The summed E-state index contributed by atoms with van der Waals surface area (Å²) in [5, 5.41) is 7.31. The second-order valence-electron chi connectivity index (χ2n) is 5.46. The molecule has 134 valence electrons. The second kappa shape index (κ2) is 10.2. The Kier molecular flexibility index (Phi) is 9.07. The molecular weight excluding hydrogens is 457 g/mol. The Bertz CT molecular complexity index is 667. The Labute approximate surface area is 170 Å². The first kappa shape index (κ1) is 21.2. The molecule has 0 bridgehead atoms. The van der Waals surface area contributed by atoms with E-state index in [9.17, 15) is 0 Å². The van der Waals surface area contributed by atoms with Gasteiger partial charge in [-0.2, -0.15) is 0 Å². The van der Waals surface area contributed by atoms with E-state index in [1.54, 1.807) is 11.3 Å². The van der Waals surface area contributed by atoms with E-state index in [-0.39, 0.29) is 24.0 Å². The highest BCUT2D eigenvalue weighted by atomic mass is 127. The first-order valence-corrected chi connectivity index (χ1v) is 8.96. The molecule has 1 N–H and O–H groups in total. The fourth-order valence-corrected chi connectivity index (χ4v) is 3.23. The van der Waals surface area contributed by atoms with E-state index < -0.39 is 0 Å². The molecule has 0 fully saturated rings. The predicted molar refractivity (Wildman–Crippen MR) is 114 cm³/mol. The molecule has 0 aliphatic heterocycles. The molecule has 8 heteroatoms. The molecule has 2 aromatic heterocycles. The van der Waals surface area contributed by atoms with Crippen molar-refractivity contribution in [1.82, 2.24) is 19.8 Å². The average Bonchev–Trinajstić information content (AvgIpc) is 3.03. The lowest BCUT2D eigenvalue weighted by Gasteiger charge is -2.22. The molecule has 0 aliphatic carbocycles. The number of nitrogens with zero attached hydrogens (tertiary/aromatic N) is 4. The van der Waals surface area contributed by atoms with Crippen LogP contribution in [-0.4, -0.2) is 40.5 Å². The van der Waals surface area contributed by atoms with Crippen molar-refractivity contribution in [2.45, 2.75) is 26.8 Å². The van der Waals surface area contributed by atoms with E-state index in [1.165, 1.54) is 0 Å². The Hall–Kier alpha value is -0.800. The van der Waals surface area contributed by atoms with Crippen molar-refractivity contribution in [1.29, 1.82) is 0 Å². The van der Waals surface area contributed by atoms with Crippen molar-refractivity contribution < 1.29 is 0 Å². The lowest BCUT2D eigenvalue weighted by atomic mass is 10.3. The number of rotatable bonds is 6. The largest absolute Gasteiger partial charge is 0.357 e. The first-order valence-electron chi connectivity index (χ1n) is 7.70. The Morgan fingerprint density at radius 3 is 2.79 bits per heavy atom. The zero-order valence-corrected chi connectivity index (χ0v) is 18.4. The van der Waals surface area contributed by atoms with Gasteiger partial charge in [-0.05, 0) is 19.9 Å². The van der Waals surface area contributed by atoms with Gasteiger partial charge >= 0.3 is 0 Å². The van der Waals surface area contributed by atoms with Gasteiger partial charge in [0.05, 0.1) is 22.3 Å². The standard InChI is InChI=1S/C16H24ClN5S.HI/c1-5-18-16(19-7-6-14-11-23-12(2)20-14)22(4)10-15-8-13(17)9-21(15)3;/h8-9,11H,5-7,10H2,1-4H3,(H,18,19);1H. The van der Waals surface area contributed by atoms with Crippen molar-refractivity contribution >= 4 is 52.9 Å². The normalized spacial score (nSPS) is 11.3. The molecule has 0 atom stereocenters. The summed E-state index contributed by atoms with van der Waals surface area (Å²) in [6.45, 7) is 6.42. The van der Waals surface area contributed by atoms with Crippen molar-refractivity contribution in [2.24, 2.45) is 12.0 Å². The highest BCUT2D eigenvalue weighted by Gasteiger charge is 2.09. The minimum atomic E-state index is 0. The molecule has 0 spiro atoms. The van der Waals surface area contributed by atoms with Gasteiger partial charge in [-0.1, -0.05) is 11.6 Å². The number of hydrogen-bond donors (Lipinski definition) is 1. The molecule has 0 aromatic carbocycles. The van der Waals surface area contributed by atoms with Crippen LogP contribution in [0.25, 0.3) is 0 Å². The van der Waals surface area contributed by atoms with Crippen molar-refractivity contribution in [3.8, 4) is 0 Å². The van der Waals surface area contributed by atoms with E-state index >= 15 is 0 Å². The number of nitrogens with one attached hydrogen (secondary N) is 1. The third-order valence-corrected chi connectivity index (χ3v) is 4.50. The van der Waals surface area contributed by atoms with Crippen LogP contribution >= 0.6 is 46.9 Å². The number of aliphatic imine (C=N–C) groups is 1. The van der Waals surface area contributed by atoms with E-state index in [0.717, 1.165) is 53.4 Å². The van der Waals surface area contributed by atoms with Gasteiger partial charge < -0.3 is 14.8 Å². The molecule has 0 saturated carbocycles. The molecule has 5 nitrogen and oxygen atoms in total. The van der Waals surface area contributed by atoms with E-state index in [2.05, 4.69) is 27.5 Å². The average molecular weight is 482 g/mol. The highest BCUT2D eigenvalue weighted by Crippen LogP contribution is 2.14. The summed E-state index contributed by atoms with van der Waals surface area (Å²) in [6, 6.07) is 1.99. The molecule has 2 heterocycles. The number of aryl methyl sites for hydroxylation is 2. The maximum absolute atomic E-state index is 6.05. The molecule has 2 aromatic rings. The first-order chi connectivity index (χ1) is 11.0. The van der Waals surface area contributed by atoms with Crippen molar-refractivity contribution in [3.05, 3.63) is 39.1 Å². The number of hydrogen-bond acceptors (Lipinski definition) is 3. The summed E-state index contributed by atoms with van der Waals surface area (Å²) in [4.78, 5) is 11.3. The quantitative estimate of drug-likeness (QED) is 0.389. The maximum Gasteiger partial charge on any atom is 0.194 e. The lowest BCUT2D eigenvalue weighted by Crippen LogP contribution is -2.39. The molecule has 2 rings (SSSR count). The molecule has 0 radical (unpaired) electrons. The van der Waals surface area contributed by atoms with Crippen molar-refractivity contribution in [2.75, 3.05) is 20.1 Å². The topological polar surface area (TPSA) is 45.5 Å². The van der Waals surface area contributed by atoms with Gasteiger partial charge in [0.25, 0.3) is 0 Å². The van der Waals surface area contributed by atoms with Gasteiger partial charge in [-0.3, -0.25) is 4.99 Å². The van der Waals surface area contributed by atoms with Crippen LogP contribution in [0.5, 0.6) is 0 Å². The van der Waals surface area contributed by atoms with E-state index in [0.29, 0.717) is 0 Å². The van der Waals surface area contributed by atoms with Gasteiger partial charge in [0.2, 0.25) is 0 Å². The smallest absolute Gasteiger partial charge is 0.194 e. The Morgan fingerprint density at radius 1 is 1.50 bits per heavy atom. The van der Waals surface area contributed by atoms with Gasteiger partial charge in [0.15, 0.2) is 5.96 Å². The minimum absolute atomic E-state index is 0. The van der Waals surface area contributed by atoms with Crippen LogP contribution in [-0.2, 0) is 20.0 Å². The van der Waals surface area contributed by atoms with Crippen LogP contribution in [0.3, 0.4) is 0 Å². The minimum Gasteiger partial charge on any atom is -0.357 e. The van der Waals surface area contributed by atoms with Gasteiger partial charge in [-0.25, -0.2) is 4.98 Å². The monoisotopic (exact) mass is 481 g/mol. The summed E-state index contributed by atoms with van der Waals surface area (Å²) < 4.78 is 2.04. The maximum atomic E-state index is 6.05. The lowest BCUT2D eigenvalue weighted by molar-refractivity contribution is 0.462. The molecule has 0 unspecified atom stereocenters. The molecule has 0 amide bonds. The number of thiazole rings is 1. The van der Waals surface area contributed by atoms with Crippen LogP contribution in [0.1, 0.15) is 23.3 Å². The zero-order chi connectivity index (χ0) is 16.8. The summed E-state index contributed by atoms with van der Waals surface area (Å²) in [5.41, 5.74) is 2.27. The van der Waals surface area contributed by atoms with Crippen molar-refractivity contribution in [3.63, 3.8) is 0 Å². The Balaban J connectivity index is 0.00000288. The molecule has 0 saturated heterocycles. The third kappa shape index (κ3) is 6.25. The van der Waals surface area contributed by atoms with Crippen LogP contribution in [0.4, 0.5) is 0 Å². The summed E-state index contributed by atoms with van der Waals surface area (Å²) in [7, 11) is 4.04. The number of aromatic nitrogens is 2. The van der Waals surface area contributed by atoms with Crippen LogP contribution in [0.15, 0.2) is 22.6 Å². The van der Waals surface area contributed by atoms with Crippen LogP contribution in [0, 0.1) is 6.92 Å². The summed E-state index contributed by atoms with van der Waals surface area (Å²) >= 11 is 7.74. The van der Waals surface area contributed by atoms with Gasteiger partial charge in [0, 0.05) is 50.9 Å². The fourth-order valence-electron chi connectivity index (χ4n) is 2.31. The SMILES string of the molecule is CCNC(=NCCc1csc(C)n1)N(C)Cc1cc(Cl)cn1C.I. The predicted octanol–water partition coefficient (Wildman–Crippen LogP) is 3.70. The van der Waals surface area contributed by atoms with Gasteiger partial charge in [0.1, 0.15) is 0 Å². The number of halogens is 2. The molecular formula is C16H25ClIN5S. The third-order valence-electron chi connectivity index (χ3n) is 3.47. The number of guanidine groups is 1. The van der Waals surface area contributed by atoms with Gasteiger partial charge in [-0.15, -0.1) is 35.3 Å². The molecule has 0 aliphatic rings. The van der Waals surface area contributed by atoms with Crippen LogP contribution < -0.4 is 5.32 Å². The zero-order valence-electron chi connectivity index (χ0n) is 14.5. The van der Waals surface area contributed by atoms with E-state index in [1.807, 2.05) is 37.8 Å². The second-order valence-corrected chi connectivity index (χ2v) is 6.96.